The number of aryl methyl sites for hydroxylation is 1. The molecule has 1 aromatic rings. The third kappa shape index (κ3) is 4.96. The molecule has 0 aliphatic carbocycles. The Labute approximate surface area is 155 Å². The lowest BCUT2D eigenvalue weighted by molar-refractivity contribution is -0.118. The van der Waals surface area contributed by atoms with Crippen molar-refractivity contribution in [2.45, 2.75) is 25.8 Å². The first kappa shape index (κ1) is 19.1. The van der Waals surface area contributed by atoms with Gasteiger partial charge in [0.15, 0.2) is 0 Å². The standard InChI is InChI=1S/C18H28N4O3S/c1-15-4-2-6-17(12-15)21-8-10-22(11-9-21)26(24,25)14-18(23)20-13-16-5-3-7-19-16/h2,4,6,12,16,19H,3,5,7-11,13-14H2,1H3,(H,20,23). The summed E-state index contributed by atoms with van der Waals surface area (Å²) in [5, 5.41) is 6.03. The van der Waals surface area contributed by atoms with Crippen molar-refractivity contribution in [3.8, 4) is 0 Å². The van der Waals surface area contributed by atoms with Crippen LogP contribution in [0.1, 0.15) is 18.4 Å². The van der Waals surface area contributed by atoms with Gasteiger partial charge in [0.2, 0.25) is 15.9 Å². The van der Waals surface area contributed by atoms with Gasteiger partial charge in [-0.2, -0.15) is 4.31 Å². The van der Waals surface area contributed by atoms with E-state index in [1.54, 1.807) is 0 Å². The van der Waals surface area contributed by atoms with E-state index in [1.807, 2.05) is 25.1 Å². The summed E-state index contributed by atoms with van der Waals surface area (Å²) in [5.74, 6) is -0.885. The summed E-state index contributed by atoms with van der Waals surface area (Å²) < 4.78 is 26.5. The van der Waals surface area contributed by atoms with Crippen LogP contribution in [0.3, 0.4) is 0 Å². The Hall–Kier alpha value is -1.64. The molecule has 0 aromatic heterocycles. The number of rotatable bonds is 6. The summed E-state index contributed by atoms with van der Waals surface area (Å²) in [4.78, 5) is 14.2. The van der Waals surface area contributed by atoms with Crippen molar-refractivity contribution < 1.29 is 13.2 Å². The normalized spacial score (nSPS) is 21.7. The number of hydrogen-bond acceptors (Lipinski definition) is 5. The molecular formula is C18H28N4O3S. The Morgan fingerprint density at radius 1 is 1.27 bits per heavy atom. The largest absolute Gasteiger partial charge is 0.369 e. The molecule has 2 aliphatic rings. The molecular weight excluding hydrogens is 352 g/mol. The second kappa shape index (κ2) is 8.37. The molecule has 2 fully saturated rings. The number of anilines is 1. The number of benzene rings is 1. The SMILES string of the molecule is Cc1cccc(N2CCN(S(=O)(=O)CC(=O)NCC3CCCN3)CC2)c1. The molecule has 0 spiro atoms. The maximum absolute atomic E-state index is 12.5. The summed E-state index contributed by atoms with van der Waals surface area (Å²) >= 11 is 0. The number of amides is 1. The van der Waals surface area contributed by atoms with Gasteiger partial charge in [-0.3, -0.25) is 4.79 Å². The summed E-state index contributed by atoms with van der Waals surface area (Å²) in [7, 11) is -3.57. The van der Waals surface area contributed by atoms with Crippen LogP contribution in [0.4, 0.5) is 5.69 Å². The minimum Gasteiger partial charge on any atom is -0.369 e. The van der Waals surface area contributed by atoms with Crippen molar-refractivity contribution in [3.63, 3.8) is 0 Å². The van der Waals surface area contributed by atoms with Crippen molar-refractivity contribution in [2.24, 2.45) is 0 Å². The van der Waals surface area contributed by atoms with Gasteiger partial charge in [-0.1, -0.05) is 12.1 Å². The molecule has 3 rings (SSSR count). The molecule has 0 radical (unpaired) electrons. The van der Waals surface area contributed by atoms with Gasteiger partial charge in [0.25, 0.3) is 0 Å². The van der Waals surface area contributed by atoms with Crippen LogP contribution in [0.15, 0.2) is 24.3 Å². The van der Waals surface area contributed by atoms with E-state index in [1.165, 1.54) is 9.87 Å². The van der Waals surface area contributed by atoms with Crippen molar-refractivity contribution >= 4 is 21.6 Å². The summed E-state index contributed by atoms with van der Waals surface area (Å²) in [6.07, 6.45) is 2.12. The summed E-state index contributed by atoms with van der Waals surface area (Å²) in [5.41, 5.74) is 2.30. The molecule has 2 saturated heterocycles. The number of carbonyl (C=O) groups is 1. The Balaban J connectivity index is 1.48. The molecule has 8 heteroatoms. The molecule has 2 heterocycles. The average molecular weight is 381 g/mol. The zero-order valence-electron chi connectivity index (χ0n) is 15.3. The van der Waals surface area contributed by atoms with E-state index < -0.39 is 21.7 Å². The molecule has 0 bridgehead atoms. The average Bonchev–Trinajstić information content (AvgIpc) is 3.13. The first-order chi connectivity index (χ1) is 12.4. The predicted molar refractivity (Wildman–Crippen MR) is 103 cm³/mol. The van der Waals surface area contributed by atoms with Crippen LogP contribution in [0.25, 0.3) is 0 Å². The fraction of sp³-hybridized carbons (Fsp3) is 0.611. The van der Waals surface area contributed by atoms with E-state index in [0.29, 0.717) is 32.7 Å². The molecule has 1 amide bonds. The maximum Gasteiger partial charge on any atom is 0.236 e. The van der Waals surface area contributed by atoms with Crippen molar-refractivity contribution in [1.82, 2.24) is 14.9 Å². The lowest BCUT2D eigenvalue weighted by Gasteiger charge is -2.35. The highest BCUT2D eigenvalue weighted by molar-refractivity contribution is 7.89. The first-order valence-electron chi connectivity index (χ1n) is 9.23. The highest BCUT2D eigenvalue weighted by Crippen LogP contribution is 2.19. The van der Waals surface area contributed by atoms with Gasteiger partial charge in [0.05, 0.1) is 0 Å². The fourth-order valence-corrected chi connectivity index (χ4v) is 4.86. The third-order valence-corrected chi connectivity index (χ3v) is 6.80. The van der Waals surface area contributed by atoms with Crippen LogP contribution < -0.4 is 15.5 Å². The van der Waals surface area contributed by atoms with Crippen LogP contribution in [0.2, 0.25) is 0 Å². The highest BCUT2D eigenvalue weighted by Gasteiger charge is 2.29. The van der Waals surface area contributed by atoms with E-state index in [0.717, 1.165) is 25.1 Å². The van der Waals surface area contributed by atoms with Crippen LogP contribution in [0, 0.1) is 6.92 Å². The minimum absolute atomic E-state index is 0.263. The Morgan fingerprint density at radius 2 is 2.04 bits per heavy atom. The Bertz CT molecular complexity index is 724. The summed E-state index contributed by atoms with van der Waals surface area (Å²) in [6, 6.07) is 8.47. The van der Waals surface area contributed by atoms with Crippen LogP contribution in [-0.4, -0.2) is 69.7 Å². The zero-order chi connectivity index (χ0) is 18.6. The van der Waals surface area contributed by atoms with Gasteiger partial charge in [-0.15, -0.1) is 0 Å². The monoisotopic (exact) mass is 380 g/mol. The van der Waals surface area contributed by atoms with Crippen molar-refractivity contribution in [3.05, 3.63) is 29.8 Å². The van der Waals surface area contributed by atoms with E-state index in [-0.39, 0.29) is 6.04 Å². The van der Waals surface area contributed by atoms with Crippen LogP contribution in [-0.2, 0) is 14.8 Å². The predicted octanol–water partition coefficient (Wildman–Crippen LogP) is 0.315. The van der Waals surface area contributed by atoms with Crippen molar-refractivity contribution in [1.29, 1.82) is 0 Å². The second-order valence-electron chi connectivity index (χ2n) is 7.08. The molecule has 144 valence electrons. The second-order valence-corrected chi connectivity index (χ2v) is 9.05. The molecule has 7 nitrogen and oxygen atoms in total. The van der Waals surface area contributed by atoms with E-state index >= 15 is 0 Å². The quantitative estimate of drug-likeness (QED) is 0.743. The minimum atomic E-state index is -3.57. The Morgan fingerprint density at radius 3 is 2.69 bits per heavy atom. The molecule has 2 N–H and O–H groups in total. The van der Waals surface area contributed by atoms with Gasteiger partial charge in [-0.25, -0.2) is 8.42 Å². The Kier molecular flexibility index (Phi) is 6.16. The lowest BCUT2D eigenvalue weighted by Crippen LogP contribution is -2.51. The summed E-state index contributed by atoms with van der Waals surface area (Å²) in [6.45, 7) is 5.59. The number of carbonyl (C=O) groups excluding carboxylic acids is 1. The number of nitrogens with one attached hydrogen (secondary N) is 2. The van der Waals surface area contributed by atoms with Crippen molar-refractivity contribution in [2.75, 3.05) is 49.9 Å². The number of piperazine rings is 1. The highest BCUT2D eigenvalue weighted by atomic mass is 32.2. The number of nitrogens with zero attached hydrogens (tertiary/aromatic N) is 2. The van der Waals surface area contributed by atoms with Crippen LogP contribution >= 0.6 is 0 Å². The zero-order valence-corrected chi connectivity index (χ0v) is 16.1. The molecule has 0 saturated carbocycles. The lowest BCUT2D eigenvalue weighted by atomic mass is 10.2. The topological polar surface area (TPSA) is 81.8 Å². The van der Waals surface area contributed by atoms with Gasteiger partial charge in [-0.05, 0) is 44.0 Å². The maximum atomic E-state index is 12.5. The smallest absolute Gasteiger partial charge is 0.236 e. The number of sulfonamides is 1. The van der Waals surface area contributed by atoms with E-state index in [2.05, 4.69) is 21.6 Å². The van der Waals surface area contributed by atoms with Gasteiger partial charge >= 0.3 is 0 Å². The number of hydrogen-bond donors (Lipinski definition) is 2. The van der Waals surface area contributed by atoms with Gasteiger partial charge in [0, 0.05) is 44.5 Å². The molecule has 26 heavy (non-hydrogen) atoms. The van der Waals surface area contributed by atoms with Gasteiger partial charge in [0.1, 0.15) is 5.75 Å². The van der Waals surface area contributed by atoms with Gasteiger partial charge < -0.3 is 15.5 Å². The van der Waals surface area contributed by atoms with E-state index in [9.17, 15) is 13.2 Å². The first-order valence-corrected chi connectivity index (χ1v) is 10.8. The van der Waals surface area contributed by atoms with Crippen LogP contribution in [0.5, 0.6) is 0 Å². The molecule has 1 atom stereocenters. The molecule has 2 aliphatic heterocycles. The fourth-order valence-electron chi connectivity index (χ4n) is 3.53. The molecule has 1 aromatic carbocycles. The third-order valence-electron chi connectivity index (χ3n) is 5.02. The van der Waals surface area contributed by atoms with E-state index in [4.69, 9.17) is 0 Å². The molecule has 1 unspecified atom stereocenters.